The van der Waals surface area contributed by atoms with Gasteiger partial charge in [0.2, 0.25) is 0 Å². The molecule has 0 saturated carbocycles. The molecule has 0 aromatic rings. The Bertz CT molecular complexity index is 284. The van der Waals surface area contributed by atoms with Crippen molar-refractivity contribution in [2.45, 2.75) is 6.42 Å². The maximum atomic E-state index is 6.00. The van der Waals surface area contributed by atoms with Gasteiger partial charge < -0.3 is 10.6 Å². The molecule has 2 aliphatic heterocycles. The molecule has 1 fully saturated rings. The number of rotatable bonds is 3. The normalized spacial score (nSPS) is 23.1. The van der Waals surface area contributed by atoms with Crippen LogP contribution < -0.4 is 5.73 Å². The van der Waals surface area contributed by atoms with Crippen molar-refractivity contribution in [3.63, 3.8) is 0 Å². The summed E-state index contributed by atoms with van der Waals surface area (Å²) in [4.78, 5) is 9.11. The topological polar surface area (TPSA) is 44.9 Å². The molecule has 17 heavy (non-hydrogen) atoms. The van der Waals surface area contributed by atoms with Gasteiger partial charge in [-0.15, -0.1) is 0 Å². The molecular weight excluding hydrogens is 232 g/mol. The molecule has 0 unspecified atom stereocenters. The summed E-state index contributed by atoms with van der Waals surface area (Å²) in [6, 6.07) is 0. The first-order chi connectivity index (χ1) is 8.36. The van der Waals surface area contributed by atoms with Gasteiger partial charge in [-0.05, 0) is 6.42 Å². The molecule has 2 rings (SSSR count). The van der Waals surface area contributed by atoms with Crippen LogP contribution in [0.25, 0.3) is 0 Å². The predicted octanol–water partition coefficient (Wildman–Crippen LogP) is 0.612. The summed E-state index contributed by atoms with van der Waals surface area (Å²) >= 11 is 1.99. The van der Waals surface area contributed by atoms with Crippen LogP contribution in [0.15, 0.2) is 17.1 Å². The second-order valence-electron chi connectivity index (χ2n) is 4.40. The maximum absolute atomic E-state index is 6.00. The lowest BCUT2D eigenvalue weighted by atomic mass is 10.2. The summed E-state index contributed by atoms with van der Waals surface area (Å²) in [6.07, 6.45) is 5.65. The molecule has 0 aromatic carbocycles. The molecule has 4 nitrogen and oxygen atoms in total. The number of hydrogen-bond acceptors (Lipinski definition) is 3. The Kier molecular flexibility index (Phi) is 5.19. The second-order valence-corrected chi connectivity index (χ2v) is 5.62. The molecule has 2 aliphatic rings. The molecule has 96 valence electrons. The molecule has 0 aromatic heterocycles. The van der Waals surface area contributed by atoms with Gasteiger partial charge in [0.1, 0.15) is 0 Å². The van der Waals surface area contributed by atoms with Crippen molar-refractivity contribution >= 4 is 17.7 Å². The number of nitrogens with two attached hydrogens (primary N) is 1. The van der Waals surface area contributed by atoms with Crippen LogP contribution >= 0.6 is 11.8 Å². The second kappa shape index (κ2) is 6.91. The Morgan fingerprint density at radius 3 is 2.76 bits per heavy atom. The lowest BCUT2D eigenvalue weighted by Crippen LogP contribution is -2.43. The van der Waals surface area contributed by atoms with Crippen molar-refractivity contribution in [3.8, 4) is 0 Å². The number of hydrogen-bond donors (Lipinski definition) is 1. The molecule has 0 atom stereocenters. The summed E-state index contributed by atoms with van der Waals surface area (Å²) < 4.78 is 0. The van der Waals surface area contributed by atoms with Gasteiger partial charge in [0, 0.05) is 44.2 Å². The minimum absolute atomic E-state index is 0.734. The van der Waals surface area contributed by atoms with Crippen LogP contribution in [0, 0.1) is 0 Å². The summed E-state index contributed by atoms with van der Waals surface area (Å²) in [5.74, 6) is 3.08. The Balaban J connectivity index is 1.69. The van der Waals surface area contributed by atoms with Crippen LogP contribution in [0.3, 0.4) is 0 Å². The van der Waals surface area contributed by atoms with E-state index in [0.717, 1.165) is 45.2 Å². The first-order valence-electron chi connectivity index (χ1n) is 6.36. The van der Waals surface area contributed by atoms with Gasteiger partial charge in [0.25, 0.3) is 0 Å². The van der Waals surface area contributed by atoms with E-state index in [1.165, 1.54) is 17.9 Å². The maximum Gasteiger partial charge on any atom is 0.191 e. The lowest BCUT2D eigenvalue weighted by molar-refractivity contribution is 0.307. The quantitative estimate of drug-likeness (QED) is 0.455. The highest BCUT2D eigenvalue weighted by molar-refractivity contribution is 7.99. The van der Waals surface area contributed by atoms with E-state index >= 15 is 0 Å². The van der Waals surface area contributed by atoms with Crippen molar-refractivity contribution in [1.82, 2.24) is 9.80 Å². The monoisotopic (exact) mass is 254 g/mol. The summed E-state index contributed by atoms with van der Waals surface area (Å²) in [6.45, 7) is 6.16. The molecule has 2 N–H and O–H groups in total. The van der Waals surface area contributed by atoms with Gasteiger partial charge in [0.05, 0.1) is 6.54 Å². The standard InChI is InChI=1S/C12H22N4S/c13-12(16-8-10-17-11-9-16)14-4-7-15-5-2-1-3-6-15/h1-2H,3-11H2,(H2,13,14). The van der Waals surface area contributed by atoms with Crippen LogP contribution in [-0.2, 0) is 0 Å². The third-order valence-electron chi connectivity index (χ3n) is 3.17. The highest BCUT2D eigenvalue weighted by Crippen LogP contribution is 2.08. The fourth-order valence-corrected chi connectivity index (χ4v) is 2.99. The van der Waals surface area contributed by atoms with E-state index < -0.39 is 0 Å². The Labute approximate surface area is 108 Å². The molecule has 0 radical (unpaired) electrons. The Morgan fingerprint density at radius 2 is 2.06 bits per heavy atom. The van der Waals surface area contributed by atoms with Crippen LogP contribution in [0.5, 0.6) is 0 Å². The molecular formula is C12H22N4S. The van der Waals surface area contributed by atoms with Crippen LogP contribution in [0.2, 0.25) is 0 Å². The Morgan fingerprint density at radius 1 is 1.24 bits per heavy atom. The zero-order valence-corrected chi connectivity index (χ0v) is 11.2. The molecule has 0 spiro atoms. The minimum atomic E-state index is 0.734. The van der Waals surface area contributed by atoms with E-state index in [1.807, 2.05) is 11.8 Å². The lowest BCUT2D eigenvalue weighted by Gasteiger charge is -2.27. The SMILES string of the molecule is NC(=NCCN1CC=CCC1)N1CCSCC1. The molecule has 0 amide bonds. The van der Waals surface area contributed by atoms with E-state index in [9.17, 15) is 0 Å². The first kappa shape index (κ1) is 12.8. The van der Waals surface area contributed by atoms with Crippen LogP contribution in [0.4, 0.5) is 0 Å². The Hall–Kier alpha value is -0.680. The highest BCUT2D eigenvalue weighted by Gasteiger charge is 2.12. The fourth-order valence-electron chi connectivity index (χ4n) is 2.09. The van der Waals surface area contributed by atoms with E-state index in [4.69, 9.17) is 5.73 Å². The minimum Gasteiger partial charge on any atom is -0.370 e. The highest BCUT2D eigenvalue weighted by atomic mass is 32.2. The number of nitrogens with zero attached hydrogens (tertiary/aromatic N) is 3. The summed E-state index contributed by atoms with van der Waals surface area (Å²) in [5.41, 5.74) is 6.00. The van der Waals surface area contributed by atoms with Crippen LogP contribution in [0.1, 0.15) is 6.42 Å². The van der Waals surface area contributed by atoms with Gasteiger partial charge >= 0.3 is 0 Å². The first-order valence-corrected chi connectivity index (χ1v) is 7.52. The van der Waals surface area contributed by atoms with Gasteiger partial charge in [-0.2, -0.15) is 11.8 Å². The van der Waals surface area contributed by atoms with Gasteiger partial charge in [-0.25, -0.2) is 0 Å². The van der Waals surface area contributed by atoms with Crippen molar-refractivity contribution in [2.75, 3.05) is 50.8 Å². The van der Waals surface area contributed by atoms with Crippen LogP contribution in [-0.4, -0.2) is 66.5 Å². The number of aliphatic imine (C=N–C) groups is 1. The third-order valence-corrected chi connectivity index (χ3v) is 4.11. The summed E-state index contributed by atoms with van der Waals surface area (Å²) in [5, 5.41) is 0. The van der Waals surface area contributed by atoms with E-state index in [0.29, 0.717) is 0 Å². The number of thioether (sulfide) groups is 1. The zero-order valence-electron chi connectivity index (χ0n) is 10.3. The molecule has 5 heteroatoms. The summed E-state index contributed by atoms with van der Waals surface area (Å²) in [7, 11) is 0. The largest absolute Gasteiger partial charge is 0.370 e. The van der Waals surface area contributed by atoms with Crippen molar-refractivity contribution < 1.29 is 0 Å². The van der Waals surface area contributed by atoms with Gasteiger partial charge in [-0.3, -0.25) is 9.89 Å². The number of guanidine groups is 1. The van der Waals surface area contributed by atoms with Crippen molar-refractivity contribution in [3.05, 3.63) is 12.2 Å². The smallest absolute Gasteiger partial charge is 0.191 e. The molecule has 2 heterocycles. The average Bonchev–Trinajstić information content (AvgIpc) is 2.41. The molecule has 0 bridgehead atoms. The van der Waals surface area contributed by atoms with E-state index in [1.54, 1.807) is 0 Å². The van der Waals surface area contributed by atoms with E-state index in [2.05, 4.69) is 26.9 Å². The zero-order chi connectivity index (χ0) is 11.9. The van der Waals surface area contributed by atoms with Gasteiger partial charge in [0.15, 0.2) is 5.96 Å². The van der Waals surface area contributed by atoms with Crippen molar-refractivity contribution in [1.29, 1.82) is 0 Å². The van der Waals surface area contributed by atoms with Crippen molar-refractivity contribution in [2.24, 2.45) is 10.7 Å². The average molecular weight is 254 g/mol. The molecule has 1 saturated heterocycles. The fraction of sp³-hybridized carbons (Fsp3) is 0.750. The third kappa shape index (κ3) is 4.24. The van der Waals surface area contributed by atoms with Gasteiger partial charge in [-0.1, -0.05) is 12.2 Å². The predicted molar refractivity (Wildman–Crippen MR) is 75.6 cm³/mol. The van der Waals surface area contributed by atoms with E-state index in [-0.39, 0.29) is 0 Å². The molecule has 0 aliphatic carbocycles.